The molecule has 4 N–H and O–H groups in total. The average Bonchev–Trinajstić information content (AvgIpc) is 2.98. The van der Waals surface area contributed by atoms with Crippen LogP contribution in [0, 0.1) is 0 Å². The zero-order valence-corrected chi connectivity index (χ0v) is 19.4. The fourth-order valence-electron chi connectivity index (χ4n) is 4.27. The van der Waals surface area contributed by atoms with Crippen LogP contribution in [0.25, 0.3) is 16.7 Å². The van der Waals surface area contributed by atoms with Crippen molar-refractivity contribution in [2.45, 2.75) is 19.4 Å². The molecule has 0 saturated heterocycles. The second-order valence-corrected chi connectivity index (χ2v) is 8.22. The molecule has 3 amide bonds. The van der Waals surface area contributed by atoms with Crippen LogP contribution in [-0.4, -0.2) is 37.1 Å². The average molecular weight is 458 g/mol. The second kappa shape index (κ2) is 9.31. The van der Waals surface area contributed by atoms with E-state index >= 15 is 0 Å². The highest BCUT2D eigenvalue weighted by molar-refractivity contribution is 5.93. The predicted molar refractivity (Wildman–Crippen MR) is 132 cm³/mol. The third kappa shape index (κ3) is 4.32. The summed E-state index contributed by atoms with van der Waals surface area (Å²) in [6.45, 7) is 1.96. The highest BCUT2D eigenvalue weighted by Crippen LogP contribution is 2.39. The van der Waals surface area contributed by atoms with Gasteiger partial charge in [0.15, 0.2) is 11.5 Å². The highest BCUT2D eigenvalue weighted by atomic mass is 16.5. The Morgan fingerprint density at radius 3 is 1.91 bits per heavy atom. The maximum atomic E-state index is 12.2. The summed E-state index contributed by atoms with van der Waals surface area (Å²) in [6, 6.07) is 18.4. The van der Waals surface area contributed by atoms with Crippen molar-refractivity contribution in [3.63, 3.8) is 0 Å². The molecule has 0 radical (unpaired) electrons. The fourth-order valence-corrected chi connectivity index (χ4v) is 4.27. The minimum absolute atomic E-state index is 0.130. The number of ether oxygens (including phenoxy) is 2. The normalized spacial score (nSPS) is 15.1. The van der Waals surface area contributed by atoms with Gasteiger partial charge in [0.05, 0.1) is 14.2 Å². The lowest BCUT2D eigenvalue weighted by molar-refractivity contribution is 0.1000. The van der Waals surface area contributed by atoms with Crippen LogP contribution in [0.2, 0.25) is 0 Å². The molecule has 0 saturated carbocycles. The quantitative estimate of drug-likeness (QED) is 0.599. The maximum absolute atomic E-state index is 12.2. The van der Waals surface area contributed by atoms with Gasteiger partial charge in [0.1, 0.15) is 0 Å². The monoisotopic (exact) mass is 457 g/mol. The van der Waals surface area contributed by atoms with Gasteiger partial charge in [-0.2, -0.15) is 0 Å². The molecule has 7 nitrogen and oxygen atoms in total. The van der Waals surface area contributed by atoms with E-state index in [1.165, 1.54) is 0 Å². The van der Waals surface area contributed by atoms with E-state index in [0.29, 0.717) is 23.5 Å². The summed E-state index contributed by atoms with van der Waals surface area (Å²) in [4.78, 5) is 25.1. The van der Waals surface area contributed by atoms with Crippen LogP contribution in [0.1, 0.15) is 34.0 Å². The van der Waals surface area contributed by atoms with Gasteiger partial charge in [0.2, 0.25) is 5.91 Å². The van der Waals surface area contributed by atoms with Gasteiger partial charge in [-0.05, 0) is 65.4 Å². The van der Waals surface area contributed by atoms with E-state index in [1.807, 2.05) is 55.5 Å². The van der Waals surface area contributed by atoms with E-state index in [2.05, 4.69) is 0 Å². The van der Waals surface area contributed by atoms with Crippen molar-refractivity contribution in [1.82, 2.24) is 4.90 Å². The number of amides is 3. The molecule has 34 heavy (non-hydrogen) atoms. The summed E-state index contributed by atoms with van der Waals surface area (Å²) < 4.78 is 11.0. The number of carbonyl (C=O) groups excluding carboxylic acids is 2. The van der Waals surface area contributed by atoms with Crippen molar-refractivity contribution >= 4 is 17.5 Å². The number of primary amides is 2. The number of urea groups is 1. The summed E-state index contributed by atoms with van der Waals surface area (Å²) >= 11 is 0. The molecular formula is C27H27N3O4. The number of hydrogen-bond donors (Lipinski definition) is 2. The second-order valence-electron chi connectivity index (χ2n) is 8.22. The number of nitrogens with zero attached hydrogens (tertiary/aromatic N) is 1. The number of nitrogens with two attached hydrogens (primary N) is 2. The van der Waals surface area contributed by atoms with Crippen molar-refractivity contribution in [3.8, 4) is 22.6 Å². The molecule has 0 spiro atoms. The molecule has 1 aliphatic rings. The molecule has 7 heteroatoms. The van der Waals surface area contributed by atoms with Gasteiger partial charge >= 0.3 is 6.03 Å². The van der Waals surface area contributed by atoms with E-state index < -0.39 is 11.9 Å². The Morgan fingerprint density at radius 2 is 1.38 bits per heavy atom. The lowest BCUT2D eigenvalue weighted by Crippen LogP contribution is -2.38. The van der Waals surface area contributed by atoms with Crippen molar-refractivity contribution in [1.29, 1.82) is 0 Å². The van der Waals surface area contributed by atoms with Crippen LogP contribution in [0.4, 0.5) is 4.79 Å². The number of benzene rings is 3. The summed E-state index contributed by atoms with van der Waals surface area (Å²) in [5.41, 5.74) is 17.2. The van der Waals surface area contributed by atoms with Crippen molar-refractivity contribution in [2.24, 2.45) is 11.5 Å². The van der Waals surface area contributed by atoms with E-state index in [4.69, 9.17) is 20.9 Å². The van der Waals surface area contributed by atoms with Crippen molar-refractivity contribution in [2.75, 3.05) is 14.2 Å². The standard InChI is InChI=1S/C27H27N3O4/c1-16-12-21-13-24(33-2)25(34-3)14-22(21)23(15-30(16)27(29)32)19-8-4-17(5-9-19)18-6-10-20(11-7-18)26(28)31/h4-11,13-16H,12H2,1-3H3,(H2,28,31)(H2,29,32). The molecular weight excluding hydrogens is 430 g/mol. The largest absolute Gasteiger partial charge is 0.493 e. The van der Waals surface area contributed by atoms with E-state index in [-0.39, 0.29) is 6.04 Å². The number of hydrogen-bond acceptors (Lipinski definition) is 4. The van der Waals surface area contributed by atoms with Gasteiger partial charge in [-0.3, -0.25) is 9.69 Å². The molecule has 1 atom stereocenters. The first-order valence-electron chi connectivity index (χ1n) is 10.9. The number of methoxy groups -OCH3 is 2. The molecule has 0 fully saturated rings. The molecule has 0 aromatic heterocycles. The Hall–Kier alpha value is -4.26. The zero-order valence-electron chi connectivity index (χ0n) is 19.4. The van der Waals surface area contributed by atoms with Crippen LogP contribution < -0.4 is 20.9 Å². The smallest absolute Gasteiger partial charge is 0.319 e. The molecule has 1 aliphatic heterocycles. The lowest BCUT2D eigenvalue weighted by Gasteiger charge is -2.22. The van der Waals surface area contributed by atoms with Gasteiger partial charge in [0.25, 0.3) is 0 Å². The van der Waals surface area contributed by atoms with Gasteiger partial charge in [-0.15, -0.1) is 0 Å². The molecule has 4 rings (SSSR count). The number of fused-ring (bicyclic) bond motifs is 1. The third-order valence-corrected chi connectivity index (χ3v) is 6.11. The number of rotatable bonds is 5. The van der Waals surface area contributed by atoms with E-state index in [9.17, 15) is 9.59 Å². The first-order valence-corrected chi connectivity index (χ1v) is 10.9. The van der Waals surface area contributed by atoms with Crippen molar-refractivity contribution < 1.29 is 19.1 Å². The molecule has 174 valence electrons. The van der Waals surface area contributed by atoms with Crippen LogP contribution in [-0.2, 0) is 6.42 Å². The molecule has 3 aromatic carbocycles. The maximum Gasteiger partial charge on any atom is 0.319 e. The predicted octanol–water partition coefficient (Wildman–Crippen LogP) is 4.18. The van der Waals surface area contributed by atoms with Crippen LogP contribution in [0.5, 0.6) is 11.5 Å². The molecule has 0 bridgehead atoms. The molecule has 1 unspecified atom stereocenters. The lowest BCUT2D eigenvalue weighted by atomic mass is 9.91. The van der Waals surface area contributed by atoms with Gasteiger partial charge in [-0.25, -0.2) is 4.79 Å². The Labute approximate surface area is 198 Å². The van der Waals surface area contributed by atoms with Crippen LogP contribution >= 0.6 is 0 Å². The van der Waals surface area contributed by atoms with Crippen molar-refractivity contribution in [3.05, 3.63) is 89.1 Å². The molecule has 0 aliphatic carbocycles. The summed E-state index contributed by atoms with van der Waals surface area (Å²) in [6.07, 6.45) is 2.42. The van der Waals surface area contributed by atoms with E-state index in [1.54, 1.807) is 37.5 Å². The Morgan fingerprint density at radius 1 is 0.853 bits per heavy atom. The van der Waals surface area contributed by atoms with Crippen LogP contribution in [0.3, 0.4) is 0 Å². The minimum atomic E-state index is -0.511. The van der Waals surface area contributed by atoms with Gasteiger partial charge in [-0.1, -0.05) is 36.4 Å². The summed E-state index contributed by atoms with van der Waals surface area (Å²) in [7, 11) is 3.20. The topological polar surface area (TPSA) is 108 Å². The fraction of sp³-hybridized carbons (Fsp3) is 0.185. The first-order chi connectivity index (χ1) is 16.3. The van der Waals surface area contributed by atoms with E-state index in [0.717, 1.165) is 33.4 Å². The SMILES string of the molecule is COc1cc2c(cc1OC)C(c1ccc(-c3ccc(C(N)=O)cc3)cc1)=CN(C(N)=O)C(C)C2. The molecule has 3 aromatic rings. The van der Waals surface area contributed by atoms with Crippen LogP contribution in [0.15, 0.2) is 66.9 Å². The summed E-state index contributed by atoms with van der Waals surface area (Å²) in [5, 5.41) is 0. The number of carbonyl (C=O) groups is 2. The van der Waals surface area contributed by atoms with Gasteiger partial charge < -0.3 is 20.9 Å². The highest BCUT2D eigenvalue weighted by Gasteiger charge is 2.26. The third-order valence-electron chi connectivity index (χ3n) is 6.11. The Bertz CT molecular complexity index is 1260. The Balaban J connectivity index is 1.80. The minimum Gasteiger partial charge on any atom is -0.493 e. The first kappa shape index (κ1) is 22.9. The summed E-state index contributed by atoms with van der Waals surface area (Å²) in [5.74, 6) is 0.787. The van der Waals surface area contributed by atoms with Gasteiger partial charge in [0, 0.05) is 23.4 Å². The molecule has 1 heterocycles. The zero-order chi connectivity index (χ0) is 24.4. The Kier molecular flexibility index (Phi) is 6.27.